The number of carboxylic acid groups (broad SMARTS) is 2. The number of aromatic amines is 1. The third-order valence-electron chi connectivity index (χ3n) is 17.6. The van der Waals surface area contributed by atoms with Crippen LogP contribution in [0.25, 0.3) is 66.1 Å². The van der Waals surface area contributed by atoms with E-state index < -0.39 is 47.4 Å². The summed E-state index contributed by atoms with van der Waals surface area (Å²) in [7, 11) is 0. The van der Waals surface area contributed by atoms with Crippen LogP contribution < -0.4 is 40.0 Å². The van der Waals surface area contributed by atoms with Crippen LogP contribution in [0, 0.1) is 0 Å². The minimum absolute atomic E-state index is 0.0839. The fourth-order valence-corrected chi connectivity index (χ4v) is 12.4. The number of anilines is 2. The minimum atomic E-state index is -1.37. The van der Waals surface area contributed by atoms with E-state index in [1.165, 1.54) is 77.4 Å². The van der Waals surface area contributed by atoms with Gasteiger partial charge in [0.2, 0.25) is 0 Å². The number of amides is 2. The average Bonchev–Trinajstić information content (AvgIpc) is 0.769. The molecule has 10 aromatic carbocycles. The lowest BCUT2D eigenvalue weighted by molar-refractivity contribution is -0.377. The molecule has 12 aromatic rings. The van der Waals surface area contributed by atoms with Crippen LogP contribution in [0.15, 0.2) is 280 Å². The Morgan fingerprint density at radius 3 is 1.25 bits per heavy atom. The number of carboxylic acids is 2. The van der Waals surface area contributed by atoms with Gasteiger partial charge < -0.3 is 54.4 Å². The van der Waals surface area contributed by atoms with Gasteiger partial charge >= 0.3 is 18.2 Å². The maximum absolute atomic E-state index is 11.8. The number of benzene rings is 10. The molecule has 2 amide bonds. The average molecular weight is 1450 g/mol. The predicted molar refractivity (Wildman–Crippen MR) is 432 cm³/mol. The van der Waals surface area contributed by atoms with Crippen molar-refractivity contribution in [2.24, 2.45) is 0 Å². The highest BCUT2D eigenvalue weighted by atomic mass is 16.6. The first kappa shape index (κ1) is 79.8. The van der Waals surface area contributed by atoms with Crippen LogP contribution >= 0.6 is 0 Å². The molecule has 0 fully saturated rings. The van der Waals surface area contributed by atoms with E-state index in [1.54, 1.807) is 90.1 Å². The highest BCUT2D eigenvalue weighted by molar-refractivity contribution is 6.08. The van der Waals surface area contributed by atoms with E-state index in [1.807, 2.05) is 79.3 Å². The first-order valence-corrected chi connectivity index (χ1v) is 36.6. The third-order valence-corrected chi connectivity index (χ3v) is 17.6. The van der Waals surface area contributed by atoms with Crippen LogP contribution in [0.4, 0.5) is 21.0 Å². The summed E-state index contributed by atoms with van der Waals surface area (Å²) < 4.78 is 21.6. The fraction of sp³-hybridized carbons (Fsp3) is 0.239. The van der Waals surface area contributed by atoms with E-state index >= 15 is 0 Å². The maximum atomic E-state index is 11.8. The Morgan fingerprint density at radius 1 is 0.444 bits per heavy atom. The normalized spacial score (nSPS) is 11.5. The molecule has 0 radical (unpaired) electrons. The van der Waals surface area contributed by atoms with E-state index in [2.05, 4.69) is 210 Å². The van der Waals surface area contributed by atoms with Crippen molar-refractivity contribution in [1.82, 2.24) is 15.6 Å². The summed E-state index contributed by atoms with van der Waals surface area (Å²) in [5.41, 5.74) is 14.7. The molecule has 0 aliphatic heterocycles. The number of pyridine rings is 2. The quantitative estimate of drug-likeness (QED) is 0.0515. The Bertz CT molecular complexity index is 4530. The van der Waals surface area contributed by atoms with Crippen molar-refractivity contribution in [2.45, 2.75) is 119 Å². The molecule has 4 N–H and O–H groups in total. The highest BCUT2D eigenvalue weighted by Crippen LogP contribution is 2.44. The molecule has 0 aliphatic carbocycles. The van der Waals surface area contributed by atoms with Crippen LogP contribution in [-0.2, 0) is 45.1 Å². The molecule has 0 unspecified atom stereocenters. The van der Waals surface area contributed by atoms with E-state index in [-0.39, 0.29) is 12.8 Å². The Morgan fingerprint density at radius 2 is 0.833 bits per heavy atom. The summed E-state index contributed by atoms with van der Waals surface area (Å²) in [5, 5.41) is 30.5. The molecule has 556 valence electrons. The number of ether oxygens (including phenoxy) is 4. The maximum Gasteiger partial charge on any atom is 0.408 e. The monoisotopic (exact) mass is 1450 g/mol. The number of carbonyl (C=O) groups is 4. The Kier molecular flexibility index (Phi) is 28.9. The second kappa shape index (κ2) is 39.2. The number of fused-ring (bicyclic) bond motifs is 2. The number of alkyl carbamates (subject to hydrolysis) is 2. The predicted octanol–water partition coefficient (Wildman–Crippen LogP) is 18.5. The van der Waals surface area contributed by atoms with Gasteiger partial charge in [-0.05, 0) is 172 Å². The van der Waals surface area contributed by atoms with Crippen molar-refractivity contribution in [3.63, 3.8) is 0 Å². The zero-order valence-electron chi connectivity index (χ0n) is 63.3. The van der Waals surface area contributed by atoms with Crippen molar-refractivity contribution in [1.29, 1.82) is 0 Å². The van der Waals surface area contributed by atoms with E-state index in [0.29, 0.717) is 24.7 Å². The lowest BCUT2D eigenvalue weighted by Gasteiger charge is -2.25. The van der Waals surface area contributed by atoms with Gasteiger partial charge in [0.1, 0.15) is 42.0 Å². The van der Waals surface area contributed by atoms with Gasteiger partial charge in [-0.15, -0.1) is 0 Å². The van der Waals surface area contributed by atoms with Gasteiger partial charge in [0.15, 0.2) is 12.4 Å². The lowest BCUT2D eigenvalue weighted by atomic mass is 9.89. The summed E-state index contributed by atoms with van der Waals surface area (Å²) in [6.45, 7) is 23.9. The Balaban J connectivity index is 0.000000166. The van der Waals surface area contributed by atoms with Crippen LogP contribution in [0.3, 0.4) is 0 Å². The molecule has 0 aliphatic rings. The second-order valence-corrected chi connectivity index (χ2v) is 27.6. The zero-order valence-corrected chi connectivity index (χ0v) is 63.3. The molecular weight excluding hydrogens is 1350 g/mol. The van der Waals surface area contributed by atoms with Crippen molar-refractivity contribution < 1.29 is 53.3 Å². The Labute approximate surface area is 635 Å². The Hall–Kier alpha value is -12.3. The number of nitrogens with one attached hydrogen (secondary N) is 3. The van der Waals surface area contributed by atoms with Crippen molar-refractivity contribution in [3.05, 3.63) is 302 Å². The summed E-state index contributed by atoms with van der Waals surface area (Å²) in [4.78, 5) is 59.0. The van der Waals surface area contributed by atoms with Gasteiger partial charge in [0, 0.05) is 73.4 Å². The third kappa shape index (κ3) is 23.3. The van der Waals surface area contributed by atoms with Gasteiger partial charge in [0.05, 0.1) is 23.3 Å². The number of H-pyrrole nitrogens is 1. The molecule has 16 heteroatoms. The molecule has 2 aromatic heterocycles. The number of hydrogen-bond acceptors (Lipinski definition) is 12. The number of carbonyl (C=O) groups excluding carboxylic acids is 3. The summed E-state index contributed by atoms with van der Waals surface area (Å²) in [5.74, 6) is -1.13. The van der Waals surface area contributed by atoms with Gasteiger partial charge in [-0.25, -0.2) is 19.4 Å². The fourth-order valence-electron chi connectivity index (χ4n) is 12.4. The number of nitrogens with zero attached hydrogens (tertiary/aromatic N) is 3. The SMILES string of the molecule is CC(C)(C)OC(=O)N[C@@H](Cc1ccc(OCc2ccccc2)cc1)C(=O)O.CC(C)(C)OC(=O)N[C@@H](Cc1ccc(OCc2ccccc2)cc1)C(=O)[O-].CCN(CC)c1cc[nH+]cc1-c1c(-c2ccccc2)ccc2ccccc12.CCN(CC)c1ccncc1-c1c(-c2ccccc2)ccc2ccccc12. The zero-order chi connectivity index (χ0) is 77.0. The number of rotatable bonds is 24. The van der Waals surface area contributed by atoms with Gasteiger partial charge in [0.25, 0.3) is 0 Å². The lowest BCUT2D eigenvalue weighted by Crippen LogP contribution is -2.50. The molecule has 16 nitrogen and oxygen atoms in total. The van der Waals surface area contributed by atoms with Crippen LogP contribution in [0.1, 0.15) is 91.5 Å². The summed E-state index contributed by atoms with van der Waals surface area (Å²) in [6, 6.07) is 83.4. The first-order chi connectivity index (χ1) is 52.1. The molecule has 108 heavy (non-hydrogen) atoms. The summed E-state index contributed by atoms with van der Waals surface area (Å²) >= 11 is 0. The molecule has 12 rings (SSSR count). The van der Waals surface area contributed by atoms with Crippen molar-refractivity contribution >= 4 is 57.0 Å². The highest BCUT2D eigenvalue weighted by Gasteiger charge is 2.26. The number of hydrogen-bond donors (Lipinski definition) is 3. The molecule has 0 saturated heterocycles. The van der Waals surface area contributed by atoms with Crippen molar-refractivity contribution in [2.75, 3.05) is 36.0 Å². The van der Waals surface area contributed by atoms with Gasteiger partial charge in [-0.1, -0.05) is 218 Å². The largest absolute Gasteiger partial charge is 0.548 e. The first-order valence-electron chi connectivity index (χ1n) is 36.6. The van der Waals surface area contributed by atoms with E-state index in [9.17, 15) is 29.4 Å². The topological polar surface area (TPSA) is 206 Å². The molecule has 0 bridgehead atoms. The molecule has 0 saturated carbocycles. The van der Waals surface area contributed by atoms with Crippen LogP contribution in [0.2, 0.25) is 0 Å². The van der Waals surface area contributed by atoms with Gasteiger partial charge in [-0.3, -0.25) is 4.98 Å². The molecule has 2 atom stereocenters. The molecule has 0 spiro atoms. The second-order valence-electron chi connectivity index (χ2n) is 27.6. The van der Waals surface area contributed by atoms with E-state index in [4.69, 9.17) is 18.9 Å². The number of aromatic nitrogens is 2. The summed E-state index contributed by atoms with van der Waals surface area (Å²) in [6.07, 6.45) is 6.75. The standard InChI is InChI=1S/2C25H24N2.2C21H25NO5/c2*1-3-27(4-2)24-16-17-26-18-23(24)25-21-13-9-8-12-20(21)14-15-22(25)19-10-6-5-7-11-19;2*1-21(2,3)27-20(25)22-18(19(23)24)13-15-9-11-17(12-10-15)26-14-16-7-5-4-6-8-16/h2*5-18H,3-4H2,1-2H3;2*4-12,18H,13-14H2,1-3H3,(H,22,25)(H,23,24)/t;;2*18-/m..00/s1. The molecule has 2 heterocycles. The van der Waals surface area contributed by atoms with Crippen molar-refractivity contribution in [3.8, 4) is 56.0 Å². The number of aliphatic carboxylic acids is 2. The smallest absolute Gasteiger partial charge is 0.408 e. The van der Waals surface area contributed by atoms with Crippen LogP contribution in [0.5, 0.6) is 11.5 Å². The van der Waals surface area contributed by atoms with Gasteiger partial charge in [-0.2, -0.15) is 0 Å². The van der Waals surface area contributed by atoms with E-state index in [0.717, 1.165) is 48.4 Å². The van der Waals surface area contributed by atoms with Crippen LogP contribution in [-0.4, -0.2) is 83.7 Å². The molecular formula is C92H98N6O10. The minimum Gasteiger partial charge on any atom is -0.548 e.